The Morgan fingerprint density at radius 1 is 1.32 bits per heavy atom. The number of hydrogen-bond acceptors (Lipinski definition) is 5. The fourth-order valence-corrected chi connectivity index (χ4v) is 2.84. The molecule has 0 aliphatic carbocycles. The number of nitrogens with zero attached hydrogens (tertiary/aromatic N) is 3. The molecular weight excluding hydrogens is 300 g/mol. The van der Waals surface area contributed by atoms with Crippen LogP contribution in [0.5, 0.6) is 0 Å². The Balaban J connectivity index is 0.00000176. The summed E-state index contributed by atoms with van der Waals surface area (Å²) >= 11 is 0. The average Bonchev–Trinajstić information content (AvgIpc) is 2.92. The van der Waals surface area contributed by atoms with Gasteiger partial charge >= 0.3 is 0 Å². The molecule has 2 aromatic rings. The predicted molar refractivity (Wildman–Crippen MR) is 88.6 cm³/mol. The first-order valence-electron chi connectivity index (χ1n) is 7.40. The largest absolute Gasteiger partial charge is 0.334 e. The lowest BCUT2D eigenvalue weighted by Crippen LogP contribution is -2.52. The van der Waals surface area contributed by atoms with E-state index in [-0.39, 0.29) is 23.9 Å². The first-order valence-corrected chi connectivity index (χ1v) is 7.40. The van der Waals surface area contributed by atoms with Gasteiger partial charge in [0.25, 0.3) is 5.89 Å². The molecule has 0 radical (unpaired) electrons. The van der Waals surface area contributed by atoms with E-state index in [1.165, 1.54) is 0 Å². The van der Waals surface area contributed by atoms with Crippen molar-refractivity contribution in [2.24, 2.45) is 11.1 Å². The molecule has 1 aliphatic heterocycles. The lowest BCUT2D eigenvalue weighted by molar-refractivity contribution is 0.0872. The summed E-state index contributed by atoms with van der Waals surface area (Å²) in [6.45, 7) is 7.10. The second-order valence-electron chi connectivity index (χ2n) is 6.48. The summed E-state index contributed by atoms with van der Waals surface area (Å²) in [6, 6.07) is 10.1. The number of hydrogen-bond donors (Lipinski definition) is 1. The highest BCUT2D eigenvalue weighted by Crippen LogP contribution is 2.28. The molecule has 1 aromatic heterocycles. The molecule has 3 rings (SSSR count). The summed E-state index contributed by atoms with van der Waals surface area (Å²) in [5, 5.41) is 4.09. The normalized spacial score (nSPS) is 21.3. The number of aromatic nitrogens is 2. The molecule has 0 amide bonds. The fraction of sp³-hybridized carbons (Fsp3) is 0.500. The maximum Gasteiger partial charge on any atom is 0.257 e. The van der Waals surface area contributed by atoms with Crippen molar-refractivity contribution in [3.05, 3.63) is 36.2 Å². The quantitative estimate of drug-likeness (QED) is 0.941. The Morgan fingerprint density at radius 3 is 2.73 bits per heavy atom. The van der Waals surface area contributed by atoms with Crippen LogP contribution in [-0.2, 0) is 6.54 Å². The van der Waals surface area contributed by atoms with Gasteiger partial charge < -0.3 is 10.3 Å². The SMILES string of the molecule is CC1(C)CN(Cc2noc(-c3ccccc3)n2)CCC1N.Cl. The zero-order chi connectivity index (χ0) is 14.9. The van der Waals surface area contributed by atoms with Crippen molar-refractivity contribution in [2.75, 3.05) is 13.1 Å². The van der Waals surface area contributed by atoms with Crippen LogP contribution in [0.2, 0.25) is 0 Å². The second kappa shape index (κ2) is 6.77. The monoisotopic (exact) mass is 322 g/mol. The number of nitrogens with two attached hydrogens (primary N) is 1. The molecule has 1 atom stereocenters. The van der Waals surface area contributed by atoms with Gasteiger partial charge in [0, 0.05) is 24.7 Å². The van der Waals surface area contributed by atoms with Crippen LogP contribution in [0, 0.1) is 5.41 Å². The first-order chi connectivity index (χ1) is 10.0. The zero-order valence-corrected chi connectivity index (χ0v) is 13.8. The molecule has 6 heteroatoms. The molecule has 5 nitrogen and oxygen atoms in total. The third-order valence-electron chi connectivity index (χ3n) is 4.25. The highest BCUT2D eigenvalue weighted by Gasteiger charge is 2.33. The van der Waals surface area contributed by atoms with Gasteiger partial charge in [0.1, 0.15) is 0 Å². The summed E-state index contributed by atoms with van der Waals surface area (Å²) in [5.74, 6) is 1.32. The van der Waals surface area contributed by atoms with E-state index in [0.29, 0.717) is 12.4 Å². The summed E-state index contributed by atoms with van der Waals surface area (Å²) in [5.41, 5.74) is 7.26. The van der Waals surface area contributed by atoms with Gasteiger partial charge in [-0.2, -0.15) is 4.98 Å². The Kier molecular flexibility index (Phi) is 5.21. The lowest BCUT2D eigenvalue weighted by atomic mass is 9.80. The molecule has 0 bridgehead atoms. The predicted octanol–water partition coefficient (Wildman–Crippen LogP) is 2.72. The van der Waals surface area contributed by atoms with Gasteiger partial charge in [0.15, 0.2) is 5.82 Å². The summed E-state index contributed by atoms with van der Waals surface area (Å²) < 4.78 is 5.35. The highest BCUT2D eigenvalue weighted by molar-refractivity contribution is 5.85. The highest BCUT2D eigenvalue weighted by atomic mass is 35.5. The van der Waals surface area contributed by atoms with E-state index < -0.39 is 0 Å². The molecule has 0 saturated carbocycles. The van der Waals surface area contributed by atoms with Crippen molar-refractivity contribution in [3.63, 3.8) is 0 Å². The Bertz CT molecular complexity index is 599. The van der Waals surface area contributed by atoms with E-state index in [4.69, 9.17) is 10.3 Å². The molecule has 1 unspecified atom stereocenters. The number of likely N-dealkylation sites (tertiary alicyclic amines) is 1. The molecule has 2 heterocycles. The van der Waals surface area contributed by atoms with E-state index in [9.17, 15) is 0 Å². The van der Waals surface area contributed by atoms with Gasteiger partial charge in [-0.1, -0.05) is 37.2 Å². The van der Waals surface area contributed by atoms with Crippen LogP contribution in [-0.4, -0.2) is 34.2 Å². The van der Waals surface area contributed by atoms with Gasteiger partial charge in [-0.25, -0.2) is 0 Å². The van der Waals surface area contributed by atoms with Crippen molar-refractivity contribution >= 4 is 12.4 Å². The maximum atomic E-state index is 6.17. The Labute approximate surface area is 137 Å². The van der Waals surface area contributed by atoms with Crippen molar-refractivity contribution in [3.8, 4) is 11.5 Å². The van der Waals surface area contributed by atoms with E-state index in [1.54, 1.807) is 0 Å². The van der Waals surface area contributed by atoms with Crippen molar-refractivity contribution in [2.45, 2.75) is 32.9 Å². The van der Waals surface area contributed by atoms with Crippen LogP contribution in [0.25, 0.3) is 11.5 Å². The maximum absolute atomic E-state index is 6.17. The number of piperidine rings is 1. The van der Waals surface area contributed by atoms with Gasteiger partial charge in [0.05, 0.1) is 6.54 Å². The van der Waals surface area contributed by atoms with Gasteiger partial charge in [-0.05, 0) is 24.0 Å². The van der Waals surface area contributed by atoms with E-state index >= 15 is 0 Å². The molecule has 1 saturated heterocycles. The van der Waals surface area contributed by atoms with Crippen LogP contribution < -0.4 is 5.73 Å². The Morgan fingerprint density at radius 2 is 2.05 bits per heavy atom. The van der Waals surface area contributed by atoms with Crippen LogP contribution in [0.15, 0.2) is 34.9 Å². The van der Waals surface area contributed by atoms with Crippen molar-refractivity contribution in [1.29, 1.82) is 0 Å². The molecule has 120 valence electrons. The lowest BCUT2D eigenvalue weighted by Gasteiger charge is -2.42. The first kappa shape index (κ1) is 16.9. The molecule has 1 aliphatic rings. The van der Waals surface area contributed by atoms with E-state index in [0.717, 1.165) is 30.9 Å². The topological polar surface area (TPSA) is 68.2 Å². The molecule has 1 aromatic carbocycles. The number of rotatable bonds is 3. The average molecular weight is 323 g/mol. The summed E-state index contributed by atoms with van der Waals surface area (Å²) in [4.78, 5) is 6.84. The van der Waals surface area contributed by atoms with Gasteiger partial charge in [0.2, 0.25) is 0 Å². The molecule has 1 fully saturated rings. The third kappa shape index (κ3) is 3.66. The number of halogens is 1. The second-order valence-corrected chi connectivity index (χ2v) is 6.48. The summed E-state index contributed by atoms with van der Waals surface area (Å²) in [7, 11) is 0. The molecule has 2 N–H and O–H groups in total. The van der Waals surface area contributed by atoms with Crippen LogP contribution >= 0.6 is 12.4 Å². The van der Waals surface area contributed by atoms with E-state index in [1.807, 2.05) is 30.3 Å². The van der Waals surface area contributed by atoms with Crippen LogP contribution in [0.4, 0.5) is 0 Å². The smallest absolute Gasteiger partial charge is 0.257 e. The fourth-order valence-electron chi connectivity index (χ4n) is 2.84. The van der Waals surface area contributed by atoms with Crippen LogP contribution in [0.1, 0.15) is 26.1 Å². The molecule has 22 heavy (non-hydrogen) atoms. The minimum Gasteiger partial charge on any atom is -0.334 e. The minimum atomic E-state index is 0. The van der Waals surface area contributed by atoms with E-state index in [2.05, 4.69) is 28.9 Å². The standard InChI is InChI=1S/C16H22N4O.ClH/c1-16(2)11-20(9-8-13(16)17)10-14-18-15(21-19-14)12-6-4-3-5-7-12;/h3-7,13H,8-11,17H2,1-2H3;1H. The van der Waals surface area contributed by atoms with Gasteiger partial charge in [-0.15, -0.1) is 12.4 Å². The van der Waals surface area contributed by atoms with Crippen molar-refractivity contribution < 1.29 is 4.52 Å². The van der Waals surface area contributed by atoms with Crippen molar-refractivity contribution in [1.82, 2.24) is 15.0 Å². The Hall–Kier alpha value is -1.43. The van der Waals surface area contributed by atoms with Gasteiger partial charge in [-0.3, -0.25) is 4.90 Å². The summed E-state index contributed by atoms with van der Waals surface area (Å²) in [6.07, 6.45) is 1.01. The zero-order valence-electron chi connectivity index (χ0n) is 13.0. The molecule has 0 spiro atoms. The third-order valence-corrected chi connectivity index (χ3v) is 4.25. The van der Waals surface area contributed by atoms with Crippen LogP contribution in [0.3, 0.4) is 0 Å². The number of benzene rings is 1. The molecular formula is C16H23ClN4O. The minimum absolute atomic E-state index is 0.